The maximum atomic E-state index is 13.0. The number of carboxylic acid groups (broad SMARTS) is 1. The number of carboxylic acids is 1. The van der Waals surface area contributed by atoms with E-state index in [0.29, 0.717) is 27.1 Å². The molecule has 0 radical (unpaired) electrons. The first-order chi connectivity index (χ1) is 17.0. The normalized spacial score (nSPS) is 12.5. The number of Topliss-reactive ketones (excluding diaryl/α,β-unsaturated/α-hetero) is 1. The van der Waals surface area contributed by atoms with Crippen LogP contribution in [0.3, 0.4) is 0 Å². The topological polar surface area (TPSA) is 63.6 Å². The van der Waals surface area contributed by atoms with Crippen molar-refractivity contribution < 1.29 is 32.6 Å². The van der Waals surface area contributed by atoms with Gasteiger partial charge in [0.25, 0.3) is 0 Å². The number of alkyl halides is 3. The number of thiophene rings is 1. The summed E-state index contributed by atoms with van der Waals surface area (Å²) in [6.45, 7) is 9.04. The van der Waals surface area contributed by atoms with Crippen LogP contribution >= 0.6 is 27.3 Å². The Morgan fingerprint density at radius 3 is 2.11 bits per heavy atom. The highest BCUT2D eigenvalue weighted by molar-refractivity contribution is 9.10. The first-order valence-electron chi connectivity index (χ1n) is 11.6. The fourth-order valence-corrected chi connectivity index (χ4v) is 5.89. The third-order valence-electron chi connectivity index (χ3n) is 5.82. The van der Waals surface area contributed by atoms with Gasteiger partial charge in [0, 0.05) is 11.3 Å². The highest BCUT2D eigenvalue weighted by atomic mass is 79.9. The van der Waals surface area contributed by atoms with E-state index in [1.807, 2.05) is 26.8 Å². The summed E-state index contributed by atoms with van der Waals surface area (Å²) in [4.78, 5) is 25.8. The van der Waals surface area contributed by atoms with Gasteiger partial charge in [-0.15, -0.1) is 11.3 Å². The monoisotopic (exact) mass is 596 g/mol. The minimum atomic E-state index is -4.40. The molecule has 3 aromatic rings. The number of rotatable bonds is 8. The Hall–Kier alpha value is -2.65. The molecular formula is C28H28BrF3O4S. The van der Waals surface area contributed by atoms with Crippen molar-refractivity contribution in [2.75, 3.05) is 0 Å². The molecule has 0 aliphatic carbocycles. The van der Waals surface area contributed by atoms with Crippen LogP contribution in [-0.2, 0) is 22.8 Å². The summed E-state index contributed by atoms with van der Waals surface area (Å²) in [5, 5.41) is 9.43. The molecular weight excluding hydrogens is 569 g/mol. The molecule has 2 aromatic carbocycles. The largest absolute Gasteiger partial charge is 0.478 e. The van der Waals surface area contributed by atoms with E-state index in [4.69, 9.17) is 4.74 Å². The van der Waals surface area contributed by atoms with E-state index in [1.165, 1.54) is 37.3 Å². The number of hydrogen-bond acceptors (Lipinski definition) is 4. The Bertz CT molecular complexity index is 1300. The number of aliphatic carboxylic acids is 1. The van der Waals surface area contributed by atoms with Gasteiger partial charge in [-0.2, -0.15) is 13.2 Å². The van der Waals surface area contributed by atoms with Crippen molar-refractivity contribution in [3.8, 4) is 16.2 Å². The smallest absolute Gasteiger partial charge is 0.416 e. The SMILES string of the molecule is CC(C)(Oc1ccc(CCC(=O)c2ccc(-c3ccc(C(F)(F)F)cc3)s2)c(C(C)(C)C)c1Br)C(=O)O. The summed E-state index contributed by atoms with van der Waals surface area (Å²) in [5.74, 6) is -0.740. The van der Waals surface area contributed by atoms with Gasteiger partial charge < -0.3 is 9.84 Å². The summed E-state index contributed by atoms with van der Waals surface area (Å²) in [6.07, 6.45) is -3.70. The van der Waals surface area contributed by atoms with Crippen LogP contribution in [0.5, 0.6) is 5.75 Å². The quantitative estimate of drug-likeness (QED) is 0.265. The van der Waals surface area contributed by atoms with E-state index < -0.39 is 23.3 Å². The van der Waals surface area contributed by atoms with E-state index in [1.54, 1.807) is 18.2 Å². The van der Waals surface area contributed by atoms with Gasteiger partial charge in [-0.3, -0.25) is 4.79 Å². The Balaban J connectivity index is 1.79. The molecule has 0 atom stereocenters. The Morgan fingerprint density at radius 1 is 0.946 bits per heavy atom. The van der Waals surface area contributed by atoms with E-state index in [-0.39, 0.29) is 17.6 Å². The molecule has 0 aliphatic heterocycles. The summed E-state index contributed by atoms with van der Waals surface area (Å²) in [5.41, 5.74) is 0.0360. The van der Waals surface area contributed by atoms with E-state index >= 15 is 0 Å². The predicted molar refractivity (Wildman–Crippen MR) is 143 cm³/mol. The average molecular weight is 597 g/mol. The third-order valence-corrected chi connectivity index (χ3v) is 7.78. The summed E-state index contributed by atoms with van der Waals surface area (Å²) >= 11 is 4.85. The van der Waals surface area contributed by atoms with Crippen LogP contribution in [0.15, 0.2) is 53.0 Å². The Labute approximate surface area is 226 Å². The van der Waals surface area contributed by atoms with Crippen molar-refractivity contribution in [2.24, 2.45) is 0 Å². The fourth-order valence-electron chi connectivity index (χ4n) is 3.85. The lowest BCUT2D eigenvalue weighted by molar-refractivity contribution is -0.152. The minimum Gasteiger partial charge on any atom is -0.478 e. The molecule has 0 aliphatic rings. The molecule has 1 aromatic heterocycles. The van der Waals surface area contributed by atoms with Crippen molar-refractivity contribution >= 4 is 39.0 Å². The second kappa shape index (κ2) is 10.6. The average Bonchev–Trinajstić information content (AvgIpc) is 3.28. The van der Waals surface area contributed by atoms with Crippen molar-refractivity contribution in [1.82, 2.24) is 0 Å². The zero-order valence-electron chi connectivity index (χ0n) is 21.1. The maximum Gasteiger partial charge on any atom is 0.416 e. The van der Waals surface area contributed by atoms with Crippen LogP contribution in [0.25, 0.3) is 10.4 Å². The van der Waals surface area contributed by atoms with E-state index in [0.717, 1.165) is 28.1 Å². The van der Waals surface area contributed by atoms with Crippen LogP contribution in [0, 0.1) is 0 Å². The van der Waals surface area contributed by atoms with Gasteiger partial charge in [-0.05, 0) is 88.6 Å². The molecule has 1 heterocycles. The molecule has 0 saturated carbocycles. The zero-order chi connectivity index (χ0) is 27.8. The highest BCUT2D eigenvalue weighted by Gasteiger charge is 2.32. The maximum absolute atomic E-state index is 13.0. The number of halogens is 4. The van der Waals surface area contributed by atoms with E-state index in [9.17, 15) is 27.9 Å². The first-order valence-corrected chi connectivity index (χ1v) is 13.2. The fraction of sp³-hybridized carbons (Fsp3) is 0.357. The number of aryl methyl sites for hydroxylation is 1. The molecule has 0 saturated heterocycles. The van der Waals surface area contributed by atoms with Gasteiger partial charge in [-0.1, -0.05) is 39.0 Å². The van der Waals surface area contributed by atoms with Gasteiger partial charge in [0.15, 0.2) is 11.4 Å². The number of hydrogen-bond donors (Lipinski definition) is 1. The van der Waals surface area contributed by atoms with Crippen LogP contribution < -0.4 is 4.74 Å². The van der Waals surface area contributed by atoms with Crippen molar-refractivity contribution in [3.05, 3.63) is 74.6 Å². The molecule has 37 heavy (non-hydrogen) atoms. The van der Waals surface area contributed by atoms with Crippen molar-refractivity contribution in [3.63, 3.8) is 0 Å². The summed E-state index contributed by atoms with van der Waals surface area (Å²) in [6, 6.07) is 11.9. The molecule has 198 valence electrons. The van der Waals surface area contributed by atoms with Gasteiger partial charge in [0.2, 0.25) is 0 Å². The molecule has 3 rings (SSSR count). The van der Waals surface area contributed by atoms with E-state index in [2.05, 4.69) is 15.9 Å². The zero-order valence-corrected chi connectivity index (χ0v) is 23.5. The standard InChI is InChI=1S/C28H28BrF3O4S/c1-26(2,3)23-17(9-13-20(24(23)29)36-27(4,5)25(34)35)8-12-19(33)22-15-14-21(37-22)16-6-10-18(11-7-16)28(30,31)32/h6-7,9-11,13-15H,8,12H2,1-5H3,(H,34,35). The number of benzene rings is 2. The summed E-state index contributed by atoms with van der Waals surface area (Å²) < 4.78 is 44.9. The number of ether oxygens (including phenoxy) is 1. The van der Waals surface area contributed by atoms with Gasteiger partial charge in [-0.25, -0.2) is 4.79 Å². The molecule has 0 amide bonds. The Kier molecular flexibility index (Phi) is 8.29. The third kappa shape index (κ3) is 6.82. The lowest BCUT2D eigenvalue weighted by atomic mass is 9.82. The van der Waals surface area contributed by atoms with Gasteiger partial charge >= 0.3 is 12.1 Å². The molecule has 0 fully saturated rings. The van der Waals surface area contributed by atoms with Gasteiger partial charge in [0.05, 0.1) is 14.9 Å². The molecule has 4 nitrogen and oxygen atoms in total. The molecule has 1 N–H and O–H groups in total. The lowest BCUT2D eigenvalue weighted by Crippen LogP contribution is -2.38. The van der Waals surface area contributed by atoms with Crippen LogP contribution in [-0.4, -0.2) is 22.5 Å². The lowest BCUT2D eigenvalue weighted by Gasteiger charge is -2.28. The second-order valence-corrected chi connectivity index (χ2v) is 12.1. The number of ketones is 1. The minimum absolute atomic E-state index is 0.0634. The van der Waals surface area contributed by atoms with Crippen molar-refractivity contribution in [1.29, 1.82) is 0 Å². The molecule has 0 bridgehead atoms. The van der Waals surface area contributed by atoms with Crippen molar-refractivity contribution in [2.45, 2.75) is 64.7 Å². The van der Waals surface area contributed by atoms with Crippen LogP contribution in [0.2, 0.25) is 0 Å². The predicted octanol–water partition coefficient (Wildman–Crippen LogP) is 8.55. The highest BCUT2D eigenvalue weighted by Crippen LogP contribution is 2.41. The molecule has 0 unspecified atom stereocenters. The molecule has 0 spiro atoms. The Morgan fingerprint density at radius 2 is 1.57 bits per heavy atom. The summed E-state index contributed by atoms with van der Waals surface area (Å²) in [7, 11) is 0. The molecule has 9 heteroatoms. The van der Waals surface area contributed by atoms with Gasteiger partial charge in [0.1, 0.15) is 5.75 Å². The first kappa shape index (κ1) is 28.9. The number of carbonyl (C=O) groups excluding carboxylic acids is 1. The number of carbonyl (C=O) groups is 2. The van der Waals surface area contributed by atoms with Crippen LogP contribution in [0.4, 0.5) is 13.2 Å². The second-order valence-electron chi connectivity index (χ2n) is 10.2. The van der Waals surface area contributed by atoms with Crippen LogP contribution in [0.1, 0.15) is 67.4 Å².